The molecule has 0 saturated carbocycles. The monoisotopic (exact) mass is 344 g/mol. The van der Waals surface area contributed by atoms with Crippen molar-refractivity contribution in [3.63, 3.8) is 0 Å². The second-order valence-corrected chi connectivity index (χ2v) is 6.91. The SMILES string of the molecule is CNC(=O)C[C@@H]1C(=O)NCCN1C1CCN(Cc2ccccc2)CC1. The first-order chi connectivity index (χ1) is 12.2. The van der Waals surface area contributed by atoms with Crippen LogP contribution in [0.3, 0.4) is 0 Å². The molecular formula is C19H28N4O2. The molecular weight excluding hydrogens is 316 g/mol. The van der Waals surface area contributed by atoms with Gasteiger partial charge in [-0.25, -0.2) is 0 Å². The Kier molecular flexibility index (Phi) is 6.04. The topological polar surface area (TPSA) is 64.7 Å². The largest absolute Gasteiger partial charge is 0.359 e. The van der Waals surface area contributed by atoms with E-state index in [2.05, 4.69) is 44.7 Å². The van der Waals surface area contributed by atoms with Crippen LogP contribution in [0, 0.1) is 0 Å². The second-order valence-electron chi connectivity index (χ2n) is 6.91. The molecule has 0 aliphatic carbocycles. The van der Waals surface area contributed by atoms with Gasteiger partial charge in [0, 0.05) is 32.7 Å². The highest BCUT2D eigenvalue weighted by atomic mass is 16.2. The smallest absolute Gasteiger partial charge is 0.237 e. The molecule has 1 aromatic rings. The Morgan fingerprint density at radius 1 is 1.20 bits per heavy atom. The third-order valence-electron chi connectivity index (χ3n) is 5.30. The Morgan fingerprint density at radius 2 is 1.92 bits per heavy atom. The van der Waals surface area contributed by atoms with Gasteiger partial charge < -0.3 is 10.6 Å². The molecule has 0 unspecified atom stereocenters. The molecule has 0 radical (unpaired) electrons. The van der Waals surface area contributed by atoms with Crippen molar-refractivity contribution in [3.05, 3.63) is 35.9 Å². The normalized spacial score (nSPS) is 23.2. The lowest BCUT2D eigenvalue weighted by Gasteiger charge is -2.43. The lowest BCUT2D eigenvalue weighted by molar-refractivity contribution is -0.135. The van der Waals surface area contributed by atoms with Crippen molar-refractivity contribution in [3.8, 4) is 0 Å². The van der Waals surface area contributed by atoms with Crippen molar-refractivity contribution < 1.29 is 9.59 Å². The third kappa shape index (κ3) is 4.58. The lowest BCUT2D eigenvalue weighted by Crippen LogP contribution is -2.60. The van der Waals surface area contributed by atoms with Crippen molar-refractivity contribution in [1.82, 2.24) is 20.4 Å². The van der Waals surface area contributed by atoms with E-state index < -0.39 is 0 Å². The molecule has 1 atom stereocenters. The Morgan fingerprint density at radius 3 is 2.60 bits per heavy atom. The van der Waals surface area contributed by atoms with E-state index >= 15 is 0 Å². The Bertz CT molecular complexity index is 584. The maximum atomic E-state index is 12.3. The van der Waals surface area contributed by atoms with Crippen LogP contribution in [0.5, 0.6) is 0 Å². The molecule has 2 aliphatic heterocycles. The standard InChI is InChI=1S/C19H28N4O2/c1-20-18(24)13-17-19(25)21-9-12-23(17)16-7-10-22(11-8-16)14-15-5-3-2-4-6-15/h2-6,16-17H,7-14H2,1H3,(H,20,24)(H,21,25)/t17-/m1/s1. The van der Waals surface area contributed by atoms with E-state index in [0.29, 0.717) is 12.6 Å². The fraction of sp³-hybridized carbons (Fsp3) is 0.579. The van der Waals surface area contributed by atoms with Crippen LogP contribution in [0.1, 0.15) is 24.8 Å². The highest BCUT2D eigenvalue weighted by Gasteiger charge is 2.36. The summed E-state index contributed by atoms with van der Waals surface area (Å²) in [5, 5.41) is 5.54. The number of amides is 2. The van der Waals surface area contributed by atoms with Gasteiger partial charge in [0.2, 0.25) is 11.8 Å². The Hall–Kier alpha value is -1.92. The number of hydrogen-bond acceptors (Lipinski definition) is 4. The van der Waals surface area contributed by atoms with Gasteiger partial charge in [0.05, 0.1) is 12.5 Å². The van der Waals surface area contributed by atoms with Gasteiger partial charge in [-0.3, -0.25) is 19.4 Å². The number of piperidine rings is 1. The molecule has 2 fully saturated rings. The van der Waals surface area contributed by atoms with Crippen LogP contribution < -0.4 is 10.6 Å². The van der Waals surface area contributed by atoms with Crippen LogP contribution in [0.4, 0.5) is 0 Å². The zero-order chi connectivity index (χ0) is 17.6. The Labute approximate surface area is 149 Å². The fourth-order valence-electron chi connectivity index (χ4n) is 3.91. The van der Waals surface area contributed by atoms with Crippen molar-refractivity contribution in [2.24, 2.45) is 0 Å². The zero-order valence-electron chi connectivity index (χ0n) is 14.9. The van der Waals surface area contributed by atoms with E-state index in [-0.39, 0.29) is 24.3 Å². The van der Waals surface area contributed by atoms with Crippen LogP contribution in [-0.2, 0) is 16.1 Å². The molecule has 0 spiro atoms. The number of nitrogens with zero attached hydrogens (tertiary/aromatic N) is 2. The van der Waals surface area contributed by atoms with E-state index in [9.17, 15) is 9.59 Å². The average Bonchev–Trinajstić information content (AvgIpc) is 2.65. The van der Waals surface area contributed by atoms with Gasteiger partial charge in [0.15, 0.2) is 0 Å². The summed E-state index contributed by atoms with van der Waals surface area (Å²) >= 11 is 0. The van der Waals surface area contributed by atoms with Crippen molar-refractivity contribution >= 4 is 11.8 Å². The maximum absolute atomic E-state index is 12.3. The fourth-order valence-corrected chi connectivity index (χ4v) is 3.91. The lowest BCUT2D eigenvalue weighted by atomic mass is 9.97. The number of likely N-dealkylation sites (tertiary alicyclic amines) is 1. The molecule has 6 heteroatoms. The predicted molar refractivity (Wildman–Crippen MR) is 96.9 cm³/mol. The first kappa shape index (κ1) is 17.9. The average molecular weight is 344 g/mol. The molecule has 0 aromatic heterocycles. The first-order valence-corrected chi connectivity index (χ1v) is 9.17. The maximum Gasteiger partial charge on any atom is 0.237 e. The number of piperazine rings is 1. The molecule has 2 aliphatic rings. The molecule has 2 N–H and O–H groups in total. The number of carbonyl (C=O) groups excluding carboxylic acids is 2. The number of benzene rings is 1. The number of carbonyl (C=O) groups is 2. The minimum atomic E-state index is -0.334. The zero-order valence-corrected chi connectivity index (χ0v) is 14.9. The molecule has 1 aromatic carbocycles. The van der Waals surface area contributed by atoms with Gasteiger partial charge in [-0.15, -0.1) is 0 Å². The second kappa shape index (κ2) is 8.45. The molecule has 0 bridgehead atoms. The van der Waals surface area contributed by atoms with Gasteiger partial charge in [-0.05, 0) is 31.5 Å². The predicted octanol–water partition coefficient (Wildman–Crippen LogP) is 0.588. The first-order valence-electron chi connectivity index (χ1n) is 9.17. The molecule has 136 valence electrons. The molecule has 2 amide bonds. The summed E-state index contributed by atoms with van der Waals surface area (Å²) in [7, 11) is 1.62. The van der Waals surface area contributed by atoms with Gasteiger partial charge in [-0.2, -0.15) is 0 Å². The summed E-state index contributed by atoms with van der Waals surface area (Å²) in [6, 6.07) is 10.6. The Balaban J connectivity index is 1.56. The van der Waals surface area contributed by atoms with Gasteiger partial charge >= 0.3 is 0 Å². The van der Waals surface area contributed by atoms with Crippen LogP contribution in [0.15, 0.2) is 30.3 Å². The van der Waals surface area contributed by atoms with Crippen LogP contribution in [-0.4, -0.2) is 66.9 Å². The number of hydrogen-bond donors (Lipinski definition) is 2. The summed E-state index contributed by atoms with van der Waals surface area (Å²) < 4.78 is 0. The van der Waals surface area contributed by atoms with Crippen LogP contribution in [0.2, 0.25) is 0 Å². The number of rotatable bonds is 5. The summed E-state index contributed by atoms with van der Waals surface area (Å²) in [6.07, 6.45) is 2.33. The van der Waals surface area contributed by atoms with Crippen molar-refractivity contribution in [2.75, 3.05) is 33.2 Å². The molecule has 2 heterocycles. The summed E-state index contributed by atoms with van der Waals surface area (Å²) in [5.41, 5.74) is 1.34. The summed E-state index contributed by atoms with van der Waals surface area (Å²) in [6.45, 7) is 4.55. The van der Waals surface area contributed by atoms with Crippen LogP contribution in [0.25, 0.3) is 0 Å². The van der Waals surface area contributed by atoms with Crippen molar-refractivity contribution in [1.29, 1.82) is 0 Å². The molecule has 6 nitrogen and oxygen atoms in total. The van der Waals surface area contributed by atoms with E-state index in [0.717, 1.165) is 39.0 Å². The van der Waals surface area contributed by atoms with Gasteiger partial charge in [0.1, 0.15) is 0 Å². The molecule has 3 rings (SSSR count). The third-order valence-corrected chi connectivity index (χ3v) is 5.30. The minimum Gasteiger partial charge on any atom is -0.359 e. The summed E-state index contributed by atoms with van der Waals surface area (Å²) in [5.74, 6) is -0.0878. The minimum absolute atomic E-state index is 0.0124. The van der Waals surface area contributed by atoms with E-state index in [1.54, 1.807) is 7.05 Å². The molecule has 25 heavy (non-hydrogen) atoms. The van der Waals surface area contributed by atoms with Gasteiger partial charge in [-0.1, -0.05) is 30.3 Å². The highest BCUT2D eigenvalue weighted by molar-refractivity contribution is 5.88. The van der Waals surface area contributed by atoms with Crippen molar-refractivity contribution in [2.45, 2.75) is 37.9 Å². The summed E-state index contributed by atoms with van der Waals surface area (Å²) in [4.78, 5) is 28.8. The van der Waals surface area contributed by atoms with Gasteiger partial charge in [0.25, 0.3) is 0 Å². The molecule has 2 saturated heterocycles. The quantitative estimate of drug-likeness (QED) is 0.821. The van der Waals surface area contributed by atoms with E-state index in [4.69, 9.17) is 0 Å². The van der Waals surface area contributed by atoms with E-state index in [1.807, 2.05) is 6.07 Å². The number of nitrogens with one attached hydrogen (secondary N) is 2. The van der Waals surface area contributed by atoms with E-state index in [1.165, 1.54) is 5.56 Å². The van der Waals surface area contributed by atoms with Crippen LogP contribution >= 0.6 is 0 Å². The highest BCUT2D eigenvalue weighted by Crippen LogP contribution is 2.22.